The number of nitrogens with zero attached hydrogens (tertiary/aromatic N) is 1. The predicted molar refractivity (Wildman–Crippen MR) is 107 cm³/mol. The van der Waals surface area contributed by atoms with Gasteiger partial charge in [-0.1, -0.05) is 23.2 Å². The summed E-state index contributed by atoms with van der Waals surface area (Å²) in [5, 5.41) is 6.34. The lowest BCUT2D eigenvalue weighted by molar-refractivity contribution is -0.120. The number of rotatable bonds is 3. The molecular formula is C19H17Cl2N3O4. The monoisotopic (exact) mass is 421 g/mol. The second-order valence-electron chi connectivity index (χ2n) is 6.37. The van der Waals surface area contributed by atoms with Gasteiger partial charge in [0.1, 0.15) is 13.2 Å². The maximum Gasteiger partial charge on any atom is 0.255 e. The van der Waals surface area contributed by atoms with Crippen molar-refractivity contribution < 1.29 is 19.1 Å². The van der Waals surface area contributed by atoms with Crippen LogP contribution in [0.5, 0.6) is 11.5 Å². The fourth-order valence-electron chi connectivity index (χ4n) is 3.13. The number of nitrogens with one attached hydrogen (secondary N) is 2. The van der Waals surface area contributed by atoms with Crippen molar-refractivity contribution in [2.75, 3.05) is 43.1 Å². The van der Waals surface area contributed by atoms with Crippen molar-refractivity contribution in [3.63, 3.8) is 0 Å². The largest absolute Gasteiger partial charge is 0.486 e. The minimum absolute atomic E-state index is 0.0461. The topological polar surface area (TPSA) is 79.9 Å². The molecule has 0 spiro atoms. The second kappa shape index (κ2) is 7.77. The first-order chi connectivity index (χ1) is 13.5. The highest BCUT2D eigenvalue weighted by molar-refractivity contribution is 6.34. The third-order valence-corrected chi connectivity index (χ3v) is 5.03. The van der Waals surface area contributed by atoms with Crippen LogP contribution in [0.3, 0.4) is 0 Å². The van der Waals surface area contributed by atoms with Gasteiger partial charge in [-0.2, -0.15) is 0 Å². The van der Waals surface area contributed by atoms with Gasteiger partial charge in [-0.05, 0) is 30.3 Å². The lowest BCUT2D eigenvalue weighted by atomic mass is 10.1. The molecule has 1 fully saturated rings. The molecule has 7 nitrogen and oxygen atoms in total. The van der Waals surface area contributed by atoms with Crippen LogP contribution in [0.15, 0.2) is 30.3 Å². The van der Waals surface area contributed by atoms with E-state index >= 15 is 0 Å². The molecule has 0 radical (unpaired) electrons. The third-order valence-electron chi connectivity index (χ3n) is 4.44. The van der Waals surface area contributed by atoms with E-state index in [4.69, 9.17) is 32.7 Å². The van der Waals surface area contributed by atoms with Crippen LogP contribution in [-0.4, -0.2) is 44.7 Å². The first-order valence-corrected chi connectivity index (χ1v) is 9.48. The molecular weight excluding hydrogens is 405 g/mol. The standard InChI is InChI=1S/C19H17Cl2N3O4/c20-13-9-12(1-2-15(13)24-4-3-22-17(25)10-24)23-19(26)11-7-14(21)18-16(8-11)27-5-6-28-18/h1-2,7-9H,3-6,10H2,(H,22,25)(H,23,26). The molecule has 0 atom stereocenters. The SMILES string of the molecule is O=C1CN(c2ccc(NC(=O)c3cc(Cl)c4c(c3)OCCO4)cc2Cl)CCN1. The van der Waals surface area contributed by atoms with E-state index in [0.29, 0.717) is 59.1 Å². The minimum atomic E-state index is -0.347. The summed E-state index contributed by atoms with van der Waals surface area (Å²) in [4.78, 5) is 26.1. The van der Waals surface area contributed by atoms with E-state index in [1.165, 1.54) is 6.07 Å². The summed E-state index contributed by atoms with van der Waals surface area (Å²) in [6.07, 6.45) is 0. The van der Waals surface area contributed by atoms with Gasteiger partial charge in [-0.25, -0.2) is 0 Å². The zero-order chi connectivity index (χ0) is 19.7. The zero-order valence-corrected chi connectivity index (χ0v) is 16.3. The molecule has 2 N–H and O–H groups in total. The maximum atomic E-state index is 12.6. The Kier molecular flexibility index (Phi) is 5.19. The van der Waals surface area contributed by atoms with E-state index in [0.717, 1.165) is 5.69 Å². The number of carbonyl (C=O) groups is 2. The molecule has 146 valence electrons. The second-order valence-corrected chi connectivity index (χ2v) is 7.19. The van der Waals surface area contributed by atoms with E-state index < -0.39 is 0 Å². The first-order valence-electron chi connectivity index (χ1n) is 8.73. The van der Waals surface area contributed by atoms with Gasteiger partial charge in [-0.15, -0.1) is 0 Å². The van der Waals surface area contributed by atoms with Crippen LogP contribution in [0.1, 0.15) is 10.4 Å². The molecule has 0 aromatic heterocycles. The molecule has 2 aliphatic heterocycles. The Hall–Kier alpha value is -2.64. The zero-order valence-electron chi connectivity index (χ0n) is 14.8. The molecule has 2 aromatic carbocycles. The van der Waals surface area contributed by atoms with Crippen molar-refractivity contribution in [2.45, 2.75) is 0 Å². The van der Waals surface area contributed by atoms with E-state index in [1.54, 1.807) is 24.3 Å². The molecule has 2 heterocycles. The van der Waals surface area contributed by atoms with E-state index in [9.17, 15) is 9.59 Å². The van der Waals surface area contributed by atoms with Crippen LogP contribution in [0.2, 0.25) is 10.0 Å². The number of carbonyl (C=O) groups excluding carboxylic acids is 2. The number of hydrogen-bond acceptors (Lipinski definition) is 5. The summed E-state index contributed by atoms with van der Waals surface area (Å²) in [5.41, 5.74) is 1.63. The molecule has 9 heteroatoms. The van der Waals surface area contributed by atoms with Crippen LogP contribution in [0.25, 0.3) is 0 Å². The summed E-state index contributed by atoms with van der Waals surface area (Å²) in [7, 11) is 0. The number of ether oxygens (including phenoxy) is 2. The van der Waals surface area contributed by atoms with Crippen molar-refractivity contribution in [1.82, 2.24) is 5.32 Å². The molecule has 4 rings (SSSR count). The summed E-state index contributed by atoms with van der Waals surface area (Å²) in [5.74, 6) is 0.498. The Balaban J connectivity index is 1.51. The molecule has 2 amide bonds. The van der Waals surface area contributed by atoms with Crippen LogP contribution >= 0.6 is 23.2 Å². The normalized spacial score (nSPS) is 15.8. The van der Waals surface area contributed by atoms with Gasteiger partial charge in [0.05, 0.1) is 22.3 Å². The van der Waals surface area contributed by atoms with Crippen LogP contribution in [0.4, 0.5) is 11.4 Å². The average molecular weight is 422 g/mol. The third kappa shape index (κ3) is 3.81. The van der Waals surface area contributed by atoms with Crippen LogP contribution in [-0.2, 0) is 4.79 Å². The maximum absolute atomic E-state index is 12.6. The summed E-state index contributed by atoms with van der Waals surface area (Å²) >= 11 is 12.6. The van der Waals surface area contributed by atoms with Crippen molar-refractivity contribution in [3.05, 3.63) is 45.9 Å². The van der Waals surface area contributed by atoms with Gasteiger partial charge < -0.3 is 25.0 Å². The molecule has 0 aliphatic carbocycles. The molecule has 1 saturated heterocycles. The Morgan fingerprint density at radius 1 is 1.11 bits per heavy atom. The number of halogens is 2. The number of amides is 2. The Bertz CT molecular complexity index is 951. The van der Waals surface area contributed by atoms with Crippen molar-refractivity contribution in [1.29, 1.82) is 0 Å². The number of piperazine rings is 1. The predicted octanol–water partition coefficient (Wildman–Crippen LogP) is 2.95. The summed E-state index contributed by atoms with van der Waals surface area (Å²) in [6.45, 7) is 2.31. The van der Waals surface area contributed by atoms with E-state index in [2.05, 4.69) is 10.6 Å². The van der Waals surface area contributed by atoms with Gasteiger partial charge in [0, 0.05) is 24.3 Å². The van der Waals surface area contributed by atoms with Gasteiger partial charge in [0.25, 0.3) is 5.91 Å². The van der Waals surface area contributed by atoms with Gasteiger partial charge in [0.2, 0.25) is 5.91 Å². The van der Waals surface area contributed by atoms with Crippen molar-refractivity contribution in [3.8, 4) is 11.5 Å². The van der Waals surface area contributed by atoms with Crippen LogP contribution < -0.4 is 25.0 Å². The number of benzene rings is 2. The lowest BCUT2D eigenvalue weighted by Crippen LogP contribution is -2.47. The molecule has 28 heavy (non-hydrogen) atoms. The Labute approximate surface area is 171 Å². The molecule has 0 saturated carbocycles. The molecule has 0 unspecified atom stereocenters. The summed E-state index contributed by atoms with van der Waals surface area (Å²) in [6, 6.07) is 8.31. The summed E-state index contributed by atoms with van der Waals surface area (Å²) < 4.78 is 11.0. The first kappa shape index (κ1) is 18.7. The number of fused-ring (bicyclic) bond motifs is 1. The average Bonchev–Trinajstić information content (AvgIpc) is 2.68. The fraction of sp³-hybridized carbons (Fsp3) is 0.263. The quantitative estimate of drug-likeness (QED) is 0.795. The lowest BCUT2D eigenvalue weighted by Gasteiger charge is -2.29. The van der Waals surface area contributed by atoms with Gasteiger partial charge >= 0.3 is 0 Å². The minimum Gasteiger partial charge on any atom is -0.486 e. The van der Waals surface area contributed by atoms with E-state index in [1.807, 2.05) is 4.90 Å². The molecule has 2 aromatic rings. The Morgan fingerprint density at radius 2 is 1.93 bits per heavy atom. The molecule has 0 bridgehead atoms. The van der Waals surface area contributed by atoms with Crippen molar-refractivity contribution in [2.24, 2.45) is 0 Å². The number of anilines is 2. The van der Waals surface area contributed by atoms with E-state index in [-0.39, 0.29) is 18.4 Å². The number of hydrogen-bond donors (Lipinski definition) is 2. The Morgan fingerprint density at radius 3 is 2.71 bits per heavy atom. The molecule has 2 aliphatic rings. The smallest absolute Gasteiger partial charge is 0.255 e. The van der Waals surface area contributed by atoms with Gasteiger partial charge in [0.15, 0.2) is 11.5 Å². The van der Waals surface area contributed by atoms with Crippen molar-refractivity contribution >= 4 is 46.4 Å². The van der Waals surface area contributed by atoms with Crippen LogP contribution in [0, 0.1) is 0 Å². The fourth-order valence-corrected chi connectivity index (χ4v) is 3.70. The highest BCUT2D eigenvalue weighted by atomic mass is 35.5. The highest BCUT2D eigenvalue weighted by Crippen LogP contribution is 2.38. The highest BCUT2D eigenvalue weighted by Gasteiger charge is 2.21. The van der Waals surface area contributed by atoms with Gasteiger partial charge in [-0.3, -0.25) is 9.59 Å².